The van der Waals surface area contributed by atoms with Crippen LogP contribution in [0.1, 0.15) is 10.4 Å². The maximum Gasteiger partial charge on any atom is 0.254 e. The predicted octanol–water partition coefficient (Wildman–Crippen LogP) is -0.456. The van der Waals surface area contributed by atoms with Gasteiger partial charge in [-0.2, -0.15) is 0 Å². The molecule has 0 unspecified atom stereocenters. The molecule has 0 aromatic heterocycles. The molecule has 1 aliphatic heterocycles. The lowest BCUT2D eigenvalue weighted by Crippen LogP contribution is -2.49. The molecule has 6 nitrogen and oxygen atoms in total. The zero-order valence-corrected chi connectivity index (χ0v) is 9.27. The number of rotatable bonds is 2. The Hall–Kier alpha value is -2.08. The first-order valence-corrected chi connectivity index (χ1v) is 5.33. The molecule has 1 fully saturated rings. The molecule has 1 aliphatic rings. The Balaban J connectivity index is 2.10. The van der Waals surface area contributed by atoms with Gasteiger partial charge in [0.25, 0.3) is 5.91 Å². The lowest BCUT2D eigenvalue weighted by molar-refractivity contribution is -0.123. The van der Waals surface area contributed by atoms with E-state index >= 15 is 0 Å². The first kappa shape index (κ1) is 11.4. The minimum Gasteiger partial charge on any atom is -0.353 e. The summed E-state index contributed by atoms with van der Waals surface area (Å²) in [6.45, 7) is 1.17. The number of hydrazine groups is 1. The molecule has 4 N–H and O–H groups in total. The van der Waals surface area contributed by atoms with Crippen LogP contribution in [-0.2, 0) is 4.79 Å². The Morgan fingerprint density at radius 2 is 2.06 bits per heavy atom. The Morgan fingerprint density at radius 1 is 1.35 bits per heavy atom. The second kappa shape index (κ2) is 4.84. The highest BCUT2D eigenvalue weighted by atomic mass is 16.2. The largest absolute Gasteiger partial charge is 0.353 e. The lowest BCUT2D eigenvalue weighted by atomic mass is 10.1. The number of nitrogens with two attached hydrogens (primary N) is 1. The predicted molar refractivity (Wildman–Crippen MR) is 63.2 cm³/mol. The van der Waals surface area contributed by atoms with Gasteiger partial charge in [-0.1, -0.05) is 0 Å². The van der Waals surface area contributed by atoms with E-state index in [2.05, 4.69) is 10.7 Å². The molecule has 2 amide bonds. The highest BCUT2D eigenvalue weighted by Crippen LogP contribution is 2.11. The molecule has 0 bridgehead atoms. The molecule has 1 aromatic rings. The summed E-state index contributed by atoms with van der Waals surface area (Å²) in [5.41, 5.74) is 3.78. The number of hydrogen-bond acceptors (Lipinski definition) is 4. The topological polar surface area (TPSA) is 87.5 Å². The molecule has 1 aromatic carbocycles. The second-order valence-electron chi connectivity index (χ2n) is 3.80. The summed E-state index contributed by atoms with van der Waals surface area (Å²) in [5, 5.41) is 2.68. The first-order chi connectivity index (χ1) is 8.20. The number of nitrogens with zero attached hydrogens (tertiary/aromatic N) is 1. The summed E-state index contributed by atoms with van der Waals surface area (Å²) < 4.78 is 0. The number of hydrogen-bond donors (Lipinski definition) is 3. The fourth-order valence-corrected chi connectivity index (χ4v) is 1.70. The van der Waals surface area contributed by atoms with E-state index in [4.69, 9.17) is 5.84 Å². The standard InChI is InChI=1S/C11H14N4O2/c12-14-9-3-1-8(2-4-9)11(17)15-6-5-13-10(16)7-15/h1-4,14H,5-7,12H2,(H,13,16). The van der Waals surface area contributed by atoms with Gasteiger partial charge >= 0.3 is 0 Å². The Kier molecular flexibility index (Phi) is 3.24. The van der Waals surface area contributed by atoms with Crippen LogP contribution in [0.15, 0.2) is 24.3 Å². The molecule has 0 saturated carbocycles. The summed E-state index contributed by atoms with van der Waals surface area (Å²) in [7, 11) is 0. The van der Waals surface area contributed by atoms with Gasteiger partial charge in [0.1, 0.15) is 0 Å². The van der Waals surface area contributed by atoms with Crippen molar-refractivity contribution in [3.8, 4) is 0 Å². The van der Waals surface area contributed by atoms with Crippen molar-refractivity contribution in [2.24, 2.45) is 5.84 Å². The maximum absolute atomic E-state index is 12.0. The Bertz CT molecular complexity index is 430. The fraction of sp³-hybridized carbons (Fsp3) is 0.273. The van der Waals surface area contributed by atoms with Gasteiger partial charge < -0.3 is 15.6 Å². The van der Waals surface area contributed by atoms with Crippen molar-refractivity contribution in [2.45, 2.75) is 0 Å². The number of carbonyl (C=O) groups is 2. The third kappa shape index (κ3) is 2.54. The monoisotopic (exact) mass is 234 g/mol. The number of benzene rings is 1. The molecule has 2 rings (SSSR count). The van der Waals surface area contributed by atoms with E-state index in [-0.39, 0.29) is 18.4 Å². The van der Waals surface area contributed by atoms with Crippen molar-refractivity contribution in [1.29, 1.82) is 0 Å². The van der Waals surface area contributed by atoms with E-state index in [1.54, 1.807) is 24.3 Å². The van der Waals surface area contributed by atoms with Gasteiger partial charge in [-0.05, 0) is 24.3 Å². The van der Waals surface area contributed by atoms with Crippen molar-refractivity contribution in [2.75, 3.05) is 25.1 Å². The van der Waals surface area contributed by atoms with Crippen molar-refractivity contribution >= 4 is 17.5 Å². The highest BCUT2D eigenvalue weighted by Gasteiger charge is 2.21. The van der Waals surface area contributed by atoms with Gasteiger partial charge in [-0.25, -0.2) is 0 Å². The molecule has 6 heteroatoms. The molecule has 0 atom stereocenters. The van der Waals surface area contributed by atoms with Crippen LogP contribution in [0, 0.1) is 0 Å². The zero-order valence-electron chi connectivity index (χ0n) is 9.27. The van der Waals surface area contributed by atoms with Crippen molar-refractivity contribution in [3.05, 3.63) is 29.8 Å². The van der Waals surface area contributed by atoms with Crippen LogP contribution < -0.4 is 16.6 Å². The molecule has 1 heterocycles. The SMILES string of the molecule is NNc1ccc(C(=O)N2CCNC(=O)C2)cc1. The van der Waals surface area contributed by atoms with E-state index in [1.807, 2.05) is 0 Å². The highest BCUT2D eigenvalue weighted by molar-refractivity contribution is 5.97. The third-order valence-electron chi connectivity index (χ3n) is 2.62. The van der Waals surface area contributed by atoms with Gasteiger partial charge in [0.05, 0.1) is 6.54 Å². The summed E-state index contributed by atoms with van der Waals surface area (Å²) in [6, 6.07) is 6.81. The first-order valence-electron chi connectivity index (χ1n) is 5.33. The number of nitrogen functional groups attached to an aromatic ring is 1. The summed E-state index contributed by atoms with van der Waals surface area (Å²) >= 11 is 0. The van der Waals surface area contributed by atoms with Crippen LogP contribution in [0.25, 0.3) is 0 Å². The molecule has 17 heavy (non-hydrogen) atoms. The van der Waals surface area contributed by atoms with E-state index in [0.717, 1.165) is 5.69 Å². The molecule has 1 saturated heterocycles. The quantitative estimate of drug-likeness (QED) is 0.477. The maximum atomic E-state index is 12.0. The summed E-state index contributed by atoms with van der Waals surface area (Å²) in [6.07, 6.45) is 0. The smallest absolute Gasteiger partial charge is 0.254 e. The molecular formula is C11H14N4O2. The van der Waals surface area contributed by atoms with Crippen LogP contribution in [0.2, 0.25) is 0 Å². The van der Waals surface area contributed by atoms with Gasteiger partial charge in [-0.3, -0.25) is 15.4 Å². The normalized spacial score (nSPS) is 15.4. The van der Waals surface area contributed by atoms with Crippen molar-refractivity contribution < 1.29 is 9.59 Å². The van der Waals surface area contributed by atoms with Crippen molar-refractivity contribution in [1.82, 2.24) is 10.2 Å². The molecular weight excluding hydrogens is 220 g/mol. The van der Waals surface area contributed by atoms with Crippen LogP contribution in [0.5, 0.6) is 0 Å². The Labute approximate surface area is 98.7 Å². The number of carbonyl (C=O) groups excluding carboxylic acids is 2. The van der Waals surface area contributed by atoms with Gasteiger partial charge in [0.15, 0.2) is 0 Å². The minimum absolute atomic E-state index is 0.121. The molecule has 0 spiro atoms. The molecule has 0 radical (unpaired) electrons. The average Bonchev–Trinajstić information content (AvgIpc) is 2.38. The van der Waals surface area contributed by atoms with E-state index < -0.39 is 0 Å². The fourth-order valence-electron chi connectivity index (χ4n) is 1.70. The number of piperazine rings is 1. The van der Waals surface area contributed by atoms with E-state index in [1.165, 1.54) is 4.90 Å². The van der Waals surface area contributed by atoms with E-state index in [9.17, 15) is 9.59 Å². The second-order valence-corrected chi connectivity index (χ2v) is 3.80. The average molecular weight is 234 g/mol. The van der Waals surface area contributed by atoms with Gasteiger partial charge in [0, 0.05) is 24.3 Å². The lowest BCUT2D eigenvalue weighted by Gasteiger charge is -2.26. The number of anilines is 1. The number of nitrogens with one attached hydrogen (secondary N) is 2. The summed E-state index contributed by atoms with van der Waals surface area (Å²) in [5.74, 6) is 4.98. The minimum atomic E-state index is -0.136. The van der Waals surface area contributed by atoms with Crippen LogP contribution in [-0.4, -0.2) is 36.3 Å². The third-order valence-corrected chi connectivity index (χ3v) is 2.62. The Morgan fingerprint density at radius 3 is 2.65 bits per heavy atom. The number of amides is 2. The van der Waals surface area contributed by atoms with Crippen LogP contribution in [0.3, 0.4) is 0 Å². The zero-order chi connectivity index (χ0) is 12.3. The van der Waals surface area contributed by atoms with Crippen LogP contribution in [0.4, 0.5) is 5.69 Å². The van der Waals surface area contributed by atoms with Crippen molar-refractivity contribution in [3.63, 3.8) is 0 Å². The van der Waals surface area contributed by atoms with Crippen LogP contribution >= 0.6 is 0 Å². The molecule has 0 aliphatic carbocycles. The molecule has 90 valence electrons. The summed E-state index contributed by atoms with van der Waals surface area (Å²) in [4.78, 5) is 24.7. The van der Waals surface area contributed by atoms with E-state index in [0.29, 0.717) is 18.7 Å². The van der Waals surface area contributed by atoms with Gasteiger partial charge in [0.2, 0.25) is 5.91 Å². The van der Waals surface area contributed by atoms with Gasteiger partial charge in [-0.15, -0.1) is 0 Å².